The van der Waals surface area contributed by atoms with Crippen LogP contribution in [-0.4, -0.2) is 32.8 Å². The Hall–Kier alpha value is -1.97. The third kappa shape index (κ3) is 6.57. The Balaban J connectivity index is 2.11. The van der Waals surface area contributed by atoms with Crippen LogP contribution in [0.5, 0.6) is 11.5 Å². The quantitative estimate of drug-likeness (QED) is 0.528. The highest BCUT2D eigenvalue weighted by Crippen LogP contribution is 2.35. The zero-order chi connectivity index (χ0) is 20.7. The maximum Gasteiger partial charge on any atom is 0.416 e. The molecule has 0 saturated heterocycles. The maximum absolute atomic E-state index is 13.0. The van der Waals surface area contributed by atoms with E-state index in [1.165, 1.54) is 7.11 Å². The van der Waals surface area contributed by atoms with Crippen molar-refractivity contribution in [2.24, 2.45) is 0 Å². The molecule has 0 spiro atoms. The first kappa shape index (κ1) is 22.3. The second-order valence-corrected chi connectivity index (χ2v) is 6.75. The maximum atomic E-state index is 13.0. The van der Waals surface area contributed by atoms with Crippen LogP contribution in [0.3, 0.4) is 0 Å². The van der Waals surface area contributed by atoms with Crippen molar-refractivity contribution in [3.05, 3.63) is 51.5 Å². The molecule has 1 N–H and O–H groups in total. The van der Waals surface area contributed by atoms with E-state index in [1.54, 1.807) is 18.2 Å². The predicted molar refractivity (Wildman–Crippen MR) is 102 cm³/mol. The van der Waals surface area contributed by atoms with Crippen LogP contribution in [0.2, 0.25) is 5.02 Å². The molecule has 0 atom stereocenters. The van der Waals surface area contributed by atoms with Crippen LogP contribution in [0.25, 0.3) is 0 Å². The van der Waals surface area contributed by atoms with Gasteiger partial charge in [0.25, 0.3) is 5.91 Å². The van der Waals surface area contributed by atoms with Crippen molar-refractivity contribution in [3.8, 4) is 11.5 Å². The van der Waals surface area contributed by atoms with Crippen molar-refractivity contribution < 1.29 is 32.2 Å². The minimum Gasteiger partial charge on any atom is -0.489 e. The molecule has 0 aliphatic heterocycles. The fraction of sp³-hybridized carbons (Fsp3) is 0.278. The Morgan fingerprint density at radius 2 is 1.82 bits per heavy atom. The molecule has 0 radical (unpaired) electrons. The van der Waals surface area contributed by atoms with Crippen LogP contribution in [0.1, 0.15) is 5.56 Å². The van der Waals surface area contributed by atoms with Crippen LogP contribution in [0.15, 0.2) is 40.9 Å². The number of benzene rings is 2. The van der Waals surface area contributed by atoms with Gasteiger partial charge in [0.2, 0.25) is 0 Å². The first-order valence-electron chi connectivity index (χ1n) is 7.91. The molecule has 0 fully saturated rings. The SMILES string of the molecule is COCCOc1ccc(C(F)(F)F)cc1NC(=O)COc1ccc(Cl)cc1Br. The molecule has 5 nitrogen and oxygen atoms in total. The number of ether oxygens (including phenoxy) is 3. The van der Waals surface area contributed by atoms with Crippen LogP contribution in [0.4, 0.5) is 18.9 Å². The number of alkyl halides is 3. The number of carbonyl (C=O) groups is 1. The van der Waals surface area contributed by atoms with Gasteiger partial charge in [0.1, 0.15) is 18.1 Å². The number of hydrogen-bond acceptors (Lipinski definition) is 4. The molecule has 0 aromatic heterocycles. The van der Waals surface area contributed by atoms with Crippen molar-refractivity contribution >= 4 is 39.1 Å². The minimum absolute atomic E-state index is 0.0890. The summed E-state index contributed by atoms with van der Waals surface area (Å²) in [6.07, 6.45) is -4.56. The first-order valence-corrected chi connectivity index (χ1v) is 9.08. The van der Waals surface area contributed by atoms with E-state index < -0.39 is 24.3 Å². The van der Waals surface area contributed by atoms with Crippen molar-refractivity contribution in [2.45, 2.75) is 6.18 Å². The topological polar surface area (TPSA) is 56.8 Å². The average molecular weight is 483 g/mol. The molecule has 2 aromatic rings. The summed E-state index contributed by atoms with van der Waals surface area (Å²) in [5.41, 5.74) is -1.03. The van der Waals surface area contributed by atoms with Crippen molar-refractivity contribution in [1.29, 1.82) is 0 Å². The molecular formula is C18H16BrClF3NO4. The summed E-state index contributed by atoms with van der Waals surface area (Å²) in [6, 6.07) is 7.54. The lowest BCUT2D eigenvalue weighted by Crippen LogP contribution is -2.21. The zero-order valence-corrected chi connectivity index (χ0v) is 17.0. The molecule has 10 heteroatoms. The second-order valence-electron chi connectivity index (χ2n) is 5.46. The predicted octanol–water partition coefficient (Wildman–Crippen LogP) is 5.16. The number of halogens is 5. The molecule has 0 bridgehead atoms. The van der Waals surface area contributed by atoms with Crippen LogP contribution in [-0.2, 0) is 15.7 Å². The average Bonchev–Trinajstić information content (AvgIpc) is 2.61. The van der Waals surface area contributed by atoms with Gasteiger partial charge in [0.15, 0.2) is 6.61 Å². The summed E-state index contributed by atoms with van der Waals surface area (Å²) < 4.78 is 55.0. The van der Waals surface area contributed by atoms with Gasteiger partial charge in [0, 0.05) is 12.1 Å². The first-order chi connectivity index (χ1) is 13.2. The van der Waals surface area contributed by atoms with Crippen molar-refractivity contribution in [3.63, 3.8) is 0 Å². The Morgan fingerprint density at radius 3 is 2.46 bits per heavy atom. The van der Waals surface area contributed by atoms with Gasteiger partial charge in [-0.05, 0) is 52.3 Å². The number of nitrogens with one attached hydrogen (secondary N) is 1. The number of hydrogen-bond donors (Lipinski definition) is 1. The molecule has 0 aliphatic carbocycles. The van der Waals surface area contributed by atoms with Crippen molar-refractivity contribution in [2.75, 3.05) is 32.2 Å². The summed E-state index contributed by atoms with van der Waals surface area (Å²) in [4.78, 5) is 12.2. The fourth-order valence-corrected chi connectivity index (χ4v) is 2.88. The Morgan fingerprint density at radius 1 is 1.11 bits per heavy atom. The highest BCUT2D eigenvalue weighted by Gasteiger charge is 2.31. The summed E-state index contributed by atoms with van der Waals surface area (Å²) in [6.45, 7) is -0.0743. The van der Waals surface area contributed by atoms with Gasteiger partial charge in [0.05, 0.1) is 22.3 Å². The molecule has 0 unspecified atom stereocenters. The second kappa shape index (κ2) is 9.99. The van der Waals surface area contributed by atoms with E-state index in [1.807, 2.05) is 0 Å². The number of anilines is 1. The molecule has 0 saturated carbocycles. The molecule has 28 heavy (non-hydrogen) atoms. The lowest BCUT2D eigenvalue weighted by atomic mass is 10.1. The molecule has 0 heterocycles. The van der Waals surface area contributed by atoms with Crippen LogP contribution in [0, 0.1) is 0 Å². The Bertz CT molecular complexity index is 833. The number of carbonyl (C=O) groups excluding carboxylic acids is 1. The third-order valence-corrected chi connectivity index (χ3v) is 4.23. The third-order valence-electron chi connectivity index (χ3n) is 3.38. The Kier molecular flexibility index (Phi) is 7.97. The van der Waals surface area contributed by atoms with Gasteiger partial charge >= 0.3 is 6.18 Å². The molecule has 2 rings (SSSR count). The fourth-order valence-electron chi connectivity index (χ4n) is 2.09. The van der Waals surface area contributed by atoms with Gasteiger partial charge in [-0.15, -0.1) is 0 Å². The van der Waals surface area contributed by atoms with Crippen LogP contribution >= 0.6 is 27.5 Å². The highest BCUT2D eigenvalue weighted by molar-refractivity contribution is 9.10. The number of methoxy groups -OCH3 is 1. The largest absolute Gasteiger partial charge is 0.489 e. The van der Waals surface area contributed by atoms with Gasteiger partial charge in [-0.25, -0.2) is 0 Å². The minimum atomic E-state index is -4.56. The van der Waals surface area contributed by atoms with Crippen LogP contribution < -0.4 is 14.8 Å². The summed E-state index contributed by atoms with van der Waals surface area (Å²) >= 11 is 9.07. The van der Waals surface area contributed by atoms with Gasteiger partial charge in [-0.1, -0.05) is 11.6 Å². The lowest BCUT2D eigenvalue weighted by molar-refractivity contribution is -0.137. The van der Waals surface area contributed by atoms with Gasteiger partial charge in [-0.2, -0.15) is 13.2 Å². The van der Waals surface area contributed by atoms with E-state index in [4.69, 9.17) is 25.8 Å². The van der Waals surface area contributed by atoms with E-state index in [9.17, 15) is 18.0 Å². The van der Waals surface area contributed by atoms with E-state index in [0.29, 0.717) is 15.2 Å². The smallest absolute Gasteiger partial charge is 0.416 e. The van der Waals surface area contributed by atoms with Crippen molar-refractivity contribution in [1.82, 2.24) is 0 Å². The summed E-state index contributed by atoms with van der Waals surface area (Å²) in [7, 11) is 1.46. The standard InChI is InChI=1S/C18H16BrClF3NO4/c1-26-6-7-27-16-4-2-11(18(21,22)23)8-14(16)24-17(25)10-28-15-5-3-12(20)9-13(15)19/h2-5,8-9H,6-7,10H2,1H3,(H,24,25). The number of rotatable bonds is 8. The van der Waals surface area contributed by atoms with E-state index >= 15 is 0 Å². The molecule has 152 valence electrons. The monoisotopic (exact) mass is 481 g/mol. The summed E-state index contributed by atoms with van der Waals surface area (Å²) in [5, 5.41) is 2.86. The molecule has 1 amide bonds. The lowest BCUT2D eigenvalue weighted by Gasteiger charge is -2.15. The summed E-state index contributed by atoms with van der Waals surface area (Å²) in [5.74, 6) is -0.205. The van der Waals surface area contributed by atoms with Gasteiger partial charge < -0.3 is 19.5 Å². The highest BCUT2D eigenvalue weighted by atomic mass is 79.9. The Labute approximate surface area is 172 Å². The van der Waals surface area contributed by atoms with E-state index in [0.717, 1.165) is 18.2 Å². The molecular weight excluding hydrogens is 467 g/mol. The zero-order valence-electron chi connectivity index (χ0n) is 14.6. The van der Waals surface area contributed by atoms with E-state index in [-0.39, 0.29) is 24.7 Å². The number of amides is 1. The van der Waals surface area contributed by atoms with Gasteiger partial charge in [-0.3, -0.25) is 4.79 Å². The van der Waals surface area contributed by atoms with E-state index in [2.05, 4.69) is 21.2 Å². The normalized spacial score (nSPS) is 11.2. The molecule has 2 aromatic carbocycles. The molecule has 0 aliphatic rings.